The van der Waals surface area contributed by atoms with Crippen LogP contribution in [0.1, 0.15) is 62.1 Å². The first-order chi connectivity index (χ1) is 23.1. The molecule has 2 fully saturated rings. The maximum Gasteiger partial charge on any atom is 0.387 e. The van der Waals surface area contributed by atoms with Crippen molar-refractivity contribution in [3.05, 3.63) is 59.6 Å². The standard InChI is InChI=1S/C24H25F3N6O3.C8H15N.C2H3N/c1-14-18-5-6-31(2)7-8-32(18)30-22(14)15-9-19(23-20(36-24(26)27)11-29-33(23)12-15)35-21(13-34)17-4-3-16(25)10-28-17;9-8-6-2-1-3-7(8)5-4-6;1-2-3/h3-4,9-12,21,24,34H,5-8,13H2,1-2H3;6-8H,1-5,9H2;1H3. The Kier molecular flexibility index (Phi) is 11.6. The number of aromatic nitrogens is 5. The van der Waals surface area contributed by atoms with Gasteiger partial charge in [0.15, 0.2) is 23.1 Å². The molecule has 1 aliphatic heterocycles. The van der Waals surface area contributed by atoms with E-state index in [0.29, 0.717) is 17.3 Å². The van der Waals surface area contributed by atoms with Crippen molar-refractivity contribution in [1.29, 1.82) is 5.26 Å². The fourth-order valence-electron chi connectivity index (χ4n) is 6.93. The summed E-state index contributed by atoms with van der Waals surface area (Å²) in [6.07, 6.45) is 10.8. The average molecular weight is 669 g/mol. The Morgan fingerprint density at radius 1 is 1.08 bits per heavy atom. The van der Waals surface area contributed by atoms with Crippen LogP contribution < -0.4 is 15.2 Å². The van der Waals surface area contributed by atoms with Gasteiger partial charge < -0.3 is 25.2 Å². The first kappa shape index (κ1) is 35.1. The number of pyridine rings is 2. The van der Waals surface area contributed by atoms with Crippen molar-refractivity contribution < 1.29 is 27.8 Å². The SMILES string of the molecule is CC#N.Cc1c(-c2cc(OC(CO)c3ccc(F)cn3)c3c(OC(F)F)cnn3c2)nn2c1CCN(C)CC2.NC1C2CCCC1CC2. The summed E-state index contributed by atoms with van der Waals surface area (Å²) in [5.41, 5.74) is 9.91. The van der Waals surface area contributed by atoms with E-state index in [9.17, 15) is 18.3 Å². The molecule has 7 rings (SSSR count). The summed E-state index contributed by atoms with van der Waals surface area (Å²) in [6.45, 7) is 2.40. The van der Waals surface area contributed by atoms with Crippen molar-refractivity contribution in [3.63, 3.8) is 0 Å². The van der Waals surface area contributed by atoms with Gasteiger partial charge in [-0.2, -0.15) is 24.2 Å². The highest BCUT2D eigenvalue weighted by Crippen LogP contribution is 2.41. The molecule has 0 spiro atoms. The van der Waals surface area contributed by atoms with Gasteiger partial charge in [-0.3, -0.25) is 9.67 Å². The Morgan fingerprint density at radius 3 is 2.44 bits per heavy atom. The van der Waals surface area contributed by atoms with Crippen molar-refractivity contribution >= 4 is 5.52 Å². The number of hydrogen-bond acceptors (Lipinski definition) is 9. The predicted octanol–water partition coefficient (Wildman–Crippen LogP) is 5.30. The Balaban J connectivity index is 0.000000315. The lowest BCUT2D eigenvalue weighted by molar-refractivity contribution is -0.0489. The van der Waals surface area contributed by atoms with Crippen LogP contribution >= 0.6 is 0 Å². The van der Waals surface area contributed by atoms with Gasteiger partial charge in [0.1, 0.15) is 5.82 Å². The van der Waals surface area contributed by atoms with E-state index >= 15 is 0 Å². The van der Waals surface area contributed by atoms with Gasteiger partial charge in [-0.25, -0.2) is 8.91 Å². The van der Waals surface area contributed by atoms with Crippen LogP contribution in [0.15, 0.2) is 36.8 Å². The molecule has 2 aliphatic carbocycles. The number of likely N-dealkylation sites (N-methyl/N-ethyl adjacent to an activating group) is 1. The quantitative estimate of drug-likeness (QED) is 0.269. The number of ether oxygens (including phenoxy) is 2. The molecule has 5 heterocycles. The first-order valence-corrected chi connectivity index (χ1v) is 16.3. The fraction of sp³-hybridized carbons (Fsp3) is 0.529. The molecule has 0 saturated heterocycles. The summed E-state index contributed by atoms with van der Waals surface area (Å²) in [7, 11) is 2.07. The van der Waals surface area contributed by atoms with E-state index in [4.69, 9.17) is 20.8 Å². The lowest BCUT2D eigenvalue weighted by Crippen LogP contribution is -2.34. The Hall–Kier alpha value is -4.19. The van der Waals surface area contributed by atoms with Gasteiger partial charge in [-0.15, -0.1) is 0 Å². The fourth-order valence-corrected chi connectivity index (χ4v) is 6.93. The second-order valence-electron chi connectivity index (χ2n) is 12.5. The predicted molar refractivity (Wildman–Crippen MR) is 173 cm³/mol. The number of nitrogens with two attached hydrogens (primary N) is 1. The third kappa shape index (κ3) is 7.91. The minimum atomic E-state index is -3.07. The van der Waals surface area contributed by atoms with Crippen LogP contribution in [0.2, 0.25) is 0 Å². The molecule has 3 N–H and O–H groups in total. The topological polar surface area (TPSA) is 140 Å². The van der Waals surface area contributed by atoms with E-state index in [1.165, 1.54) is 61.9 Å². The van der Waals surface area contributed by atoms with Crippen molar-refractivity contribution in [2.24, 2.45) is 17.6 Å². The summed E-state index contributed by atoms with van der Waals surface area (Å²) in [6, 6.07) is 6.57. The largest absolute Gasteiger partial charge is 0.479 e. The molecule has 3 unspecified atom stereocenters. The maximum atomic E-state index is 13.4. The molecule has 4 aromatic heterocycles. The molecule has 3 aliphatic rings. The molecular formula is C34H43F3N8O3. The molecule has 258 valence electrons. The van der Waals surface area contributed by atoms with Gasteiger partial charge in [0.05, 0.1) is 43.0 Å². The molecule has 0 amide bonds. The molecule has 14 heteroatoms. The zero-order valence-corrected chi connectivity index (χ0v) is 27.5. The third-order valence-electron chi connectivity index (χ3n) is 9.44. The third-order valence-corrected chi connectivity index (χ3v) is 9.44. The van der Waals surface area contributed by atoms with Crippen LogP contribution in [-0.4, -0.2) is 73.8 Å². The number of rotatable bonds is 7. The molecule has 4 aromatic rings. The van der Waals surface area contributed by atoms with Gasteiger partial charge >= 0.3 is 6.61 Å². The molecule has 2 saturated carbocycles. The van der Waals surface area contributed by atoms with E-state index < -0.39 is 25.1 Å². The van der Waals surface area contributed by atoms with E-state index in [0.717, 1.165) is 55.3 Å². The molecule has 2 bridgehead atoms. The normalized spacial score (nSPS) is 20.9. The smallest absolute Gasteiger partial charge is 0.387 e. The van der Waals surface area contributed by atoms with Crippen LogP contribution in [0.5, 0.6) is 11.5 Å². The number of halogens is 3. The second-order valence-corrected chi connectivity index (χ2v) is 12.5. The van der Waals surface area contributed by atoms with Crippen LogP contribution in [0.25, 0.3) is 16.8 Å². The lowest BCUT2D eigenvalue weighted by Gasteiger charge is -2.25. The molecule has 0 radical (unpaired) electrons. The van der Waals surface area contributed by atoms with Crippen LogP contribution in [0, 0.1) is 35.9 Å². The van der Waals surface area contributed by atoms with Gasteiger partial charge in [-0.05, 0) is 75.3 Å². The number of alkyl halides is 2. The van der Waals surface area contributed by atoms with Crippen molar-refractivity contribution in [1.82, 2.24) is 29.3 Å². The van der Waals surface area contributed by atoms with Crippen molar-refractivity contribution in [3.8, 4) is 28.8 Å². The number of nitrogens with zero attached hydrogens (tertiary/aromatic N) is 7. The van der Waals surface area contributed by atoms with E-state index in [1.54, 1.807) is 18.3 Å². The zero-order chi connectivity index (χ0) is 34.4. The average Bonchev–Trinajstić information content (AvgIpc) is 3.59. The Labute approximate surface area is 278 Å². The van der Waals surface area contributed by atoms with Gasteiger partial charge in [-0.1, -0.05) is 6.42 Å². The number of nitriles is 1. The van der Waals surface area contributed by atoms with E-state index in [1.807, 2.05) is 11.6 Å². The molecule has 3 atom stereocenters. The highest BCUT2D eigenvalue weighted by molar-refractivity contribution is 5.75. The number of fused-ring (bicyclic) bond motifs is 4. The summed E-state index contributed by atoms with van der Waals surface area (Å²) >= 11 is 0. The zero-order valence-electron chi connectivity index (χ0n) is 27.5. The number of aliphatic hydroxyl groups excluding tert-OH is 1. The van der Waals surface area contributed by atoms with Crippen molar-refractivity contribution in [2.45, 2.75) is 77.7 Å². The van der Waals surface area contributed by atoms with E-state index in [-0.39, 0.29) is 22.7 Å². The van der Waals surface area contributed by atoms with Gasteiger partial charge in [0, 0.05) is 49.9 Å². The van der Waals surface area contributed by atoms with Crippen LogP contribution in [-0.2, 0) is 13.0 Å². The molecule has 11 nitrogen and oxygen atoms in total. The lowest BCUT2D eigenvalue weighted by atomic mass is 9.85. The molecule has 48 heavy (non-hydrogen) atoms. The summed E-state index contributed by atoms with van der Waals surface area (Å²) < 4.78 is 53.6. The second kappa shape index (κ2) is 15.8. The Bertz CT molecular complexity index is 1690. The molecule has 0 aromatic carbocycles. The minimum absolute atomic E-state index is 0.133. The van der Waals surface area contributed by atoms with Crippen LogP contribution in [0.3, 0.4) is 0 Å². The van der Waals surface area contributed by atoms with Crippen molar-refractivity contribution in [2.75, 3.05) is 26.7 Å². The monoisotopic (exact) mass is 668 g/mol. The highest BCUT2D eigenvalue weighted by Gasteiger charge is 2.36. The number of hydrogen-bond donors (Lipinski definition) is 2. The minimum Gasteiger partial charge on any atom is -0.479 e. The van der Waals surface area contributed by atoms with Gasteiger partial charge in [0.2, 0.25) is 0 Å². The first-order valence-electron chi connectivity index (χ1n) is 16.3. The molecular weight excluding hydrogens is 625 g/mol. The number of aliphatic hydroxyl groups is 1. The maximum absolute atomic E-state index is 13.4. The van der Waals surface area contributed by atoms with E-state index in [2.05, 4.69) is 26.8 Å². The highest BCUT2D eigenvalue weighted by atomic mass is 19.3. The van der Waals surface area contributed by atoms with Crippen LogP contribution in [0.4, 0.5) is 13.2 Å². The summed E-state index contributed by atoms with van der Waals surface area (Å²) in [5.74, 6) is 1.22. The summed E-state index contributed by atoms with van der Waals surface area (Å²) in [5, 5.41) is 26.3. The van der Waals surface area contributed by atoms with Gasteiger partial charge in [0.25, 0.3) is 0 Å². The summed E-state index contributed by atoms with van der Waals surface area (Å²) in [4.78, 5) is 6.23. The Morgan fingerprint density at radius 2 is 1.81 bits per heavy atom.